The lowest BCUT2D eigenvalue weighted by atomic mass is 9.90. The minimum absolute atomic E-state index is 0.149. The van der Waals surface area contributed by atoms with Gasteiger partial charge in [0, 0.05) is 17.9 Å². The Balaban J connectivity index is 1.91. The standard InChI is InChI=1S/C19H25FN2O/c1-19(2,13-23-12-14-6-4-3-5-7-14)9-8-15-10-18(22)16(20)11-17(15)21/h3-10,17H,11-13,21-22H2,1-2H3/b9-8+. The summed E-state index contributed by atoms with van der Waals surface area (Å²) in [5.41, 5.74) is 13.6. The molecule has 4 N–H and O–H groups in total. The third kappa shape index (κ3) is 5.34. The van der Waals surface area contributed by atoms with Crippen molar-refractivity contribution in [2.45, 2.75) is 32.9 Å². The van der Waals surface area contributed by atoms with Gasteiger partial charge in [-0.3, -0.25) is 0 Å². The molecular formula is C19H25FN2O. The highest BCUT2D eigenvalue weighted by molar-refractivity contribution is 5.38. The van der Waals surface area contributed by atoms with E-state index in [1.807, 2.05) is 42.5 Å². The molecule has 3 nitrogen and oxygen atoms in total. The second-order valence-electron chi connectivity index (χ2n) is 6.62. The van der Waals surface area contributed by atoms with E-state index in [1.54, 1.807) is 6.08 Å². The first-order valence-corrected chi connectivity index (χ1v) is 7.79. The van der Waals surface area contributed by atoms with Gasteiger partial charge >= 0.3 is 0 Å². The first-order valence-electron chi connectivity index (χ1n) is 7.79. The maximum absolute atomic E-state index is 13.4. The van der Waals surface area contributed by atoms with Crippen LogP contribution in [-0.2, 0) is 11.3 Å². The number of hydrogen-bond acceptors (Lipinski definition) is 3. The molecule has 0 aromatic heterocycles. The van der Waals surface area contributed by atoms with Crippen LogP contribution in [0, 0.1) is 5.41 Å². The zero-order valence-corrected chi connectivity index (χ0v) is 13.8. The van der Waals surface area contributed by atoms with Crippen LogP contribution in [0.5, 0.6) is 0 Å². The highest BCUT2D eigenvalue weighted by atomic mass is 19.1. The second-order valence-corrected chi connectivity index (χ2v) is 6.62. The SMILES string of the molecule is CC(C)(/C=C/C1=CC(N)=C(F)CC1N)COCc1ccccc1. The van der Waals surface area contributed by atoms with E-state index < -0.39 is 0 Å². The molecule has 1 aliphatic carbocycles. The van der Waals surface area contributed by atoms with Gasteiger partial charge in [-0.1, -0.05) is 56.3 Å². The molecule has 1 aliphatic rings. The molecule has 23 heavy (non-hydrogen) atoms. The van der Waals surface area contributed by atoms with Gasteiger partial charge in [0.05, 0.1) is 18.9 Å². The van der Waals surface area contributed by atoms with E-state index in [0.29, 0.717) is 13.2 Å². The Morgan fingerprint density at radius 1 is 1.30 bits per heavy atom. The van der Waals surface area contributed by atoms with Crippen LogP contribution in [0.2, 0.25) is 0 Å². The van der Waals surface area contributed by atoms with Gasteiger partial charge in [-0.2, -0.15) is 0 Å². The van der Waals surface area contributed by atoms with Gasteiger partial charge in [0.25, 0.3) is 0 Å². The number of hydrogen-bond donors (Lipinski definition) is 2. The van der Waals surface area contributed by atoms with Crippen molar-refractivity contribution in [2.75, 3.05) is 6.61 Å². The predicted octanol–water partition coefficient (Wildman–Crippen LogP) is 3.58. The van der Waals surface area contributed by atoms with Gasteiger partial charge in [0.1, 0.15) is 5.83 Å². The lowest BCUT2D eigenvalue weighted by Crippen LogP contribution is -2.26. The average molecular weight is 316 g/mol. The van der Waals surface area contributed by atoms with Crippen molar-refractivity contribution in [3.05, 3.63) is 71.2 Å². The van der Waals surface area contributed by atoms with Crippen LogP contribution in [0.1, 0.15) is 25.8 Å². The summed E-state index contributed by atoms with van der Waals surface area (Å²) in [6.45, 7) is 5.34. The number of nitrogens with two attached hydrogens (primary N) is 2. The molecule has 0 radical (unpaired) electrons. The summed E-state index contributed by atoms with van der Waals surface area (Å²) in [6, 6.07) is 9.71. The molecule has 4 heteroatoms. The summed E-state index contributed by atoms with van der Waals surface area (Å²) < 4.78 is 19.2. The predicted molar refractivity (Wildman–Crippen MR) is 92.0 cm³/mol. The maximum atomic E-state index is 13.4. The molecule has 1 aromatic rings. The molecule has 0 aliphatic heterocycles. The molecule has 124 valence electrons. The van der Waals surface area contributed by atoms with Crippen molar-refractivity contribution in [2.24, 2.45) is 16.9 Å². The van der Waals surface area contributed by atoms with Gasteiger partial charge in [-0.05, 0) is 17.2 Å². The van der Waals surface area contributed by atoms with Crippen LogP contribution in [0.15, 0.2) is 65.7 Å². The fourth-order valence-electron chi connectivity index (χ4n) is 2.34. The van der Waals surface area contributed by atoms with E-state index in [2.05, 4.69) is 13.8 Å². The summed E-state index contributed by atoms with van der Waals surface area (Å²) in [5, 5.41) is 0. The monoisotopic (exact) mass is 316 g/mol. The van der Waals surface area contributed by atoms with Gasteiger partial charge in [0.2, 0.25) is 0 Å². The van der Waals surface area contributed by atoms with Crippen LogP contribution in [0.25, 0.3) is 0 Å². The van der Waals surface area contributed by atoms with E-state index in [9.17, 15) is 4.39 Å². The van der Waals surface area contributed by atoms with Gasteiger partial charge in [0.15, 0.2) is 0 Å². The third-order valence-electron chi connectivity index (χ3n) is 3.78. The molecule has 0 bridgehead atoms. The average Bonchev–Trinajstić information content (AvgIpc) is 2.50. The van der Waals surface area contributed by atoms with Gasteiger partial charge in [-0.15, -0.1) is 0 Å². The first-order chi connectivity index (χ1) is 10.9. The summed E-state index contributed by atoms with van der Waals surface area (Å²) in [7, 11) is 0. The Kier molecular flexibility index (Phi) is 5.74. The van der Waals surface area contributed by atoms with Crippen molar-refractivity contribution in [3.63, 3.8) is 0 Å². The van der Waals surface area contributed by atoms with E-state index in [4.69, 9.17) is 16.2 Å². The normalized spacial score (nSPS) is 19.3. The molecule has 0 amide bonds. The van der Waals surface area contributed by atoms with Crippen LogP contribution in [-0.4, -0.2) is 12.6 Å². The molecule has 1 aromatic carbocycles. The molecule has 0 spiro atoms. The summed E-state index contributed by atoms with van der Waals surface area (Å²) in [4.78, 5) is 0. The van der Waals surface area contributed by atoms with Crippen LogP contribution in [0.4, 0.5) is 4.39 Å². The highest BCUT2D eigenvalue weighted by Crippen LogP contribution is 2.25. The largest absolute Gasteiger partial charge is 0.397 e. The first kappa shape index (κ1) is 17.4. The highest BCUT2D eigenvalue weighted by Gasteiger charge is 2.19. The summed E-state index contributed by atoms with van der Waals surface area (Å²) in [5.74, 6) is -0.333. The van der Waals surface area contributed by atoms with Gasteiger partial charge in [-0.25, -0.2) is 4.39 Å². The maximum Gasteiger partial charge on any atom is 0.125 e. The second kappa shape index (κ2) is 7.57. The number of halogens is 1. The molecule has 0 saturated carbocycles. The van der Waals surface area contributed by atoms with E-state index >= 15 is 0 Å². The van der Waals surface area contributed by atoms with Crippen molar-refractivity contribution >= 4 is 0 Å². The molecule has 1 atom stereocenters. The quantitative estimate of drug-likeness (QED) is 0.843. The van der Waals surface area contributed by atoms with E-state index in [1.165, 1.54) is 0 Å². The Hall–Kier alpha value is -1.91. The number of benzene rings is 1. The molecule has 2 rings (SSSR count). The number of rotatable bonds is 6. The van der Waals surface area contributed by atoms with E-state index in [0.717, 1.165) is 11.1 Å². The minimum atomic E-state index is -0.348. The fraction of sp³-hybridized carbons (Fsp3) is 0.368. The topological polar surface area (TPSA) is 61.3 Å². The molecule has 0 fully saturated rings. The zero-order chi connectivity index (χ0) is 16.9. The van der Waals surface area contributed by atoms with Crippen LogP contribution in [0.3, 0.4) is 0 Å². The molecular weight excluding hydrogens is 291 g/mol. The van der Waals surface area contributed by atoms with E-state index in [-0.39, 0.29) is 29.4 Å². The molecule has 1 unspecified atom stereocenters. The number of allylic oxidation sites excluding steroid dienone is 1. The summed E-state index contributed by atoms with van der Waals surface area (Å²) in [6.07, 6.45) is 5.74. The smallest absolute Gasteiger partial charge is 0.125 e. The Labute approximate surface area is 137 Å². The van der Waals surface area contributed by atoms with Crippen LogP contribution < -0.4 is 11.5 Å². The van der Waals surface area contributed by atoms with Crippen LogP contribution >= 0.6 is 0 Å². The van der Waals surface area contributed by atoms with Crippen molar-refractivity contribution in [1.82, 2.24) is 0 Å². The Bertz CT molecular complexity index is 618. The number of ether oxygens (including phenoxy) is 1. The van der Waals surface area contributed by atoms with Crippen molar-refractivity contribution in [3.8, 4) is 0 Å². The van der Waals surface area contributed by atoms with Crippen molar-refractivity contribution < 1.29 is 9.13 Å². The Morgan fingerprint density at radius 2 is 2.00 bits per heavy atom. The zero-order valence-electron chi connectivity index (χ0n) is 13.8. The Morgan fingerprint density at radius 3 is 2.70 bits per heavy atom. The molecule has 0 saturated heterocycles. The fourth-order valence-corrected chi connectivity index (χ4v) is 2.34. The van der Waals surface area contributed by atoms with Gasteiger partial charge < -0.3 is 16.2 Å². The minimum Gasteiger partial charge on any atom is -0.397 e. The lowest BCUT2D eigenvalue weighted by Gasteiger charge is -2.22. The lowest BCUT2D eigenvalue weighted by molar-refractivity contribution is 0.0717. The molecule has 0 heterocycles. The third-order valence-corrected chi connectivity index (χ3v) is 3.78. The van der Waals surface area contributed by atoms with Crippen molar-refractivity contribution in [1.29, 1.82) is 0 Å². The summed E-state index contributed by atoms with van der Waals surface area (Å²) >= 11 is 0.